The van der Waals surface area contributed by atoms with Crippen LogP contribution in [0.5, 0.6) is 5.75 Å². The van der Waals surface area contributed by atoms with Crippen LogP contribution in [0.1, 0.15) is 24.8 Å². The Balaban J connectivity index is 2.21. The maximum Gasteiger partial charge on any atom is 0.270 e. The number of nitrogens with two attached hydrogens (primary N) is 1. The van der Waals surface area contributed by atoms with Crippen LogP contribution in [0.15, 0.2) is 18.2 Å². The molecule has 1 heterocycles. The monoisotopic (exact) mass is 279 g/mol. The number of nitrogens with zero attached hydrogens (tertiary/aromatic N) is 2. The van der Waals surface area contributed by atoms with E-state index in [2.05, 4.69) is 4.90 Å². The first kappa shape index (κ1) is 14.7. The lowest BCUT2D eigenvalue weighted by molar-refractivity contribution is -0.385. The second kappa shape index (κ2) is 6.67. The van der Waals surface area contributed by atoms with E-state index in [0.717, 1.165) is 24.9 Å². The maximum atomic E-state index is 10.9. The predicted octanol–water partition coefficient (Wildman–Crippen LogP) is 1.92. The molecular weight excluding hydrogens is 258 g/mol. The molecule has 1 aliphatic heterocycles. The number of nitro benzene ring substituents is 1. The molecule has 0 aromatic heterocycles. The van der Waals surface area contributed by atoms with Gasteiger partial charge in [0.15, 0.2) is 0 Å². The Morgan fingerprint density at radius 1 is 1.50 bits per heavy atom. The Kier molecular flexibility index (Phi) is 4.92. The van der Waals surface area contributed by atoms with Gasteiger partial charge in [0.1, 0.15) is 5.75 Å². The molecule has 1 atom stereocenters. The minimum absolute atomic E-state index is 0.0992. The van der Waals surface area contributed by atoms with Crippen molar-refractivity contribution in [1.29, 1.82) is 0 Å². The lowest BCUT2D eigenvalue weighted by Crippen LogP contribution is -2.43. The Hall–Kier alpha value is -1.66. The van der Waals surface area contributed by atoms with Crippen molar-refractivity contribution < 1.29 is 9.66 Å². The van der Waals surface area contributed by atoms with Gasteiger partial charge in [0.2, 0.25) is 0 Å². The molecule has 1 aromatic rings. The van der Waals surface area contributed by atoms with Gasteiger partial charge in [-0.2, -0.15) is 0 Å². The Morgan fingerprint density at radius 3 is 2.95 bits per heavy atom. The number of benzene rings is 1. The number of ether oxygens (including phenoxy) is 1. The van der Waals surface area contributed by atoms with Gasteiger partial charge in [0, 0.05) is 36.8 Å². The second-order valence-electron chi connectivity index (χ2n) is 5.11. The molecule has 0 radical (unpaired) electrons. The predicted molar refractivity (Wildman–Crippen MR) is 76.8 cm³/mol. The smallest absolute Gasteiger partial charge is 0.270 e. The highest BCUT2D eigenvalue weighted by atomic mass is 16.6. The molecule has 2 N–H and O–H groups in total. The molecule has 0 aliphatic carbocycles. The average Bonchev–Trinajstić information content (AvgIpc) is 2.47. The summed E-state index contributed by atoms with van der Waals surface area (Å²) in [5.41, 5.74) is 6.76. The summed E-state index contributed by atoms with van der Waals surface area (Å²) in [6, 6.07) is 5.09. The number of piperidine rings is 1. The van der Waals surface area contributed by atoms with Crippen LogP contribution in [0.25, 0.3) is 0 Å². The van der Waals surface area contributed by atoms with E-state index >= 15 is 0 Å². The van der Waals surface area contributed by atoms with Crippen molar-refractivity contribution in [3.8, 4) is 5.75 Å². The number of nitro groups is 1. The summed E-state index contributed by atoms with van der Waals surface area (Å²) in [6.45, 7) is 2.25. The zero-order chi connectivity index (χ0) is 14.5. The summed E-state index contributed by atoms with van der Waals surface area (Å²) in [7, 11) is 1.58. The standard InChI is InChI=1S/C14H21N3O3/c1-20-14-6-5-12(17(18)19)8-11(14)10-16-7-3-2-4-13(16)9-15/h5-6,8,13H,2-4,7,9-10,15H2,1H3. The number of hydrogen-bond acceptors (Lipinski definition) is 5. The van der Waals surface area contributed by atoms with Crippen molar-refractivity contribution in [2.45, 2.75) is 31.8 Å². The van der Waals surface area contributed by atoms with Crippen LogP contribution in [-0.2, 0) is 6.54 Å². The number of likely N-dealkylation sites (tertiary alicyclic amines) is 1. The minimum atomic E-state index is -0.375. The number of rotatable bonds is 5. The van der Waals surface area contributed by atoms with Crippen LogP contribution < -0.4 is 10.5 Å². The average molecular weight is 279 g/mol. The van der Waals surface area contributed by atoms with Gasteiger partial charge in [-0.1, -0.05) is 6.42 Å². The second-order valence-corrected chi connectivity index (χ2v) is 5.11. The summed E-state index contributed by atoms with van der Waals surface area (Å²) in [5, 5.41) is 10.9. The van der Waals surface area contributed by atoms with E-state index in [1.54, 1.807) is 19.2 Å². The van der Waals surface area contributed by atoms with Gasteiger partial charge < -0.3 is 10.5 Å². The third kappa shape index (κ3) is 3.26. The topological polar surface area (TPSA) is 81.6 Å². The largest absolute Gasteiger partial charge is 0.496 e. The summed E-state index contributed by atoms with van der Waals surface area (Å²) >= 11 is 0. The lowest BCUT2D eigenvalue weighted by atomic mass is 10.0. The van der Waals surface area contributed by atoms with E-state index in [1.165, 1.54) is 12.5 Å². The highest BCUT2D eigenvalue weighted by molar-refractivity contribution is 5.43. The third-order valence-electron chi connectivity index (χ3n) is 3.87. The molecule has 1 aliphatic rings. The van der Waals surface area contributed by atoms with Crippen molar-refractivity contribution in [2.24, 2.45) is 5.73 Å². The molecule has 0 saturated carbocycles. The molecule has 0 spiro atoms. The number of hydrogen-bond donors (Lipinski definition) is 1. The first-order chi connectivity index (χ1) is 9.65. The molecule has 1 aromatic carbocycles. The lowest BCUT2D eigenvalue weighted by Gasteiger charge is -2.35. The van der Waals surface area contributed by atoms with E-state index in [-0.39, 0.29) is 10.6 Å². The fraction of sp³-hybridized carbons (Fsp3) is 0.571. The molecule has 1 unspecified atom stereocenters. The van der Waals surface area contributed by atoms with Crippen LogP contribution in [0.3, 0.4) is 0 Å². The van der Waals surface area contributed by atoms with Gasteiger partial charge in [-0.3, -0.25) is 15.0 Å². The van der Waals surface area contributed by atoms with Crippen molar-refractivity contribution in [3.63, 3.8) is 0 Å². The van der Waals surface area contributed by atoms with Gasteiger partial charge in [-0.25, -0.2) is 0 Å². The SMILES string of the molecule is COc1ccc([N+](=O)[O-])cc1CN1CCCCC1CN. The summed E-state index contributed by atoms with van der Waals surface area (Å²) in [4.78, 5) is 12.8. The van der Waals surface area contributed by atoms with Crippen LogP contribution in [0.2, 0.25) is 0 Å². The fourth-order valence-electron chi connectivity index (χ4n) is 2.76. The molecule has 1 fully saturated rings. The van der Waals surface area contributed by atoms with Crippen LogP contribution in [-0.4, -0.2) is 36.1 Å². The first-order valence-corrected chi connectivity index (χ1v) is 6.91. The van der Waals surface area contributed by atoms with Crippen molar-refractivity contribution in [3.05, 3.63) is 33.9 Å². The number of non-ortho nitro benzene ring substituents is 1. The van der Waals surface area contributed by atoms with E-state index in [9.17, 15) is 10.1 Å². The number of methoxy groups -OCH3 is 1. The van der Waals surface area contributed by atoms with Gasteiger partial charge in [0.05, 0.1) is 12.0 Å². The summed E-state index contributed by atoms with van der Waals surface area (Å²) < 4.78 is 5.31. The van der Waals surface area contributed by atoms with Crippen molar-refractivity contribution in [2.75, 3.05) is 20.2 Å². The highest BCUT2D eigenvalue weighted by Crippen LogP contribution is 2.27. The maximum absolute atomic E-state index is 10.9. The molecule has 20 heavy (non-hydrogen) atoms. The zero-order valence-corrected chi connectivity index (χ0v) is 11.7. The van der Waals surface area contributed by atoms with E-state index < -0.39 is 0 Å². The van der Waals surface area contributed by atoms with Crippen LogP contribution in [0.4, 0.5) is 5.69 Å². The van der Waals surface area contributed by atoms with Crippen molar-refractivity contribution >= 4 is 5.69 Å². The quantitative estimate of drug-likeness (QED) is 0.657. The molecule has 0 amide bonds. The molecule has 110 valence electrons. The Morgan fingerprint density at radius 2 is 2.30 bits per heavy atom. The third-order valence-corrected chi connectivity index (χ3v) is 3.87. The normalized spacial score (nSPS) is 19.8. The molecule has 2 rings (SSSR count). The van der Waals surface area contributed by atoms with E-state index in [1.807, 2.05) is 0 Å². The van der Waals surface area contributed by atoms with Gasteiger partial charge in [-0.05, 0) is 25.5 Å². The fourth-order valence-corrected chi connectivity index (χ4v) is 2.76. The first-order valence-electron chi connectivity index (χ1n) is 6.91. The highest BCUT2D eigenvalue weighted by Gasteiger charge is 2.23. The van der Waals surface area contributed by atoms with Crippen LogP contribution in [0, 0.1) is 10.1 Å². The summed E-state index contributed by atoms with van der Waals surface area (Å²) in [6.07, 6.45) is 3.44. The minimum Gasteiger partial charge on any atom is -0.496 e. The molecule has 1 saturated heterocycles. The van der Waals surface area contributed by atoms with Gasteiger partial charge in [-0.15, -0.1) is 0 Å². The Bertz CT molecular complexity index is 479. The zero-order valence-electron chi connectivity index (χ0n) is 11.7. The van der Waals surface area contributed by atoms with Gasteiger partial charge in [0.25, 0.3) is 5.69 Å². The van der Waals surface area contributed by atoms with E-state index in [0.29, 0.717) is 24.9 Å². The molecule has 6 nitrogen and oxygen atoms in total. The van der Waals surface area contributed by atoms with Gasteiger partial charge >= 0.3 is 0 Å². The molecule has 6 heteroatoms. The van der Waals surface area contributed by atoms with Crippen molar-refractivity contribution in [1.82, 2.24) is 4.90 Å². The molecule has 0 bridgehead atoms. The van der Waals surface area contributed by atoms with Crippen LogP contribution >= 0.6 is 0 Å². The molecular formula is C14H21N3O3. The summed E-state index contributed by atoms with van der Waals surface area (Å²) in [5.74, 6) is 0.692. The van der Waals surface area contributed by atoms with E-state index in [4.69, 9.17) is 10.5 Å². The Labute approximate surface area is 118 Å².